The van der Waals surface area contributed by atoms with E-state index in [1.54, 1.807) is 30.3 Å². The van der Waals surface area contributed by atoms with Crippen LogP contribution in [-0.4, -0.2) is 28.0 Å². The lowest BCUT2D eigenvalue weighted by atomic mass is 9.63. The molecule has 2 fully saturated rings. The highest BCUT2D eigenvalue weighted by atomic mass is 79.9. The first kappa shape index (κ1) is 21.5. The fourth-order valence-electron chi connectivity index (χ4n) is 4.89. The summed E-state index contributed by atoms with van der Waals surface area (Å²) < 4.78 is 6.48. The summed E-state index contributed by atoms with van der Waals surface area (Å²) in [6, 6.07) is 11.5. The van der Waals surface area contributed by atoms with E-state index in [-0.39, 0.29) is 47.8 Å². The standard InChI is InChI=1S/C24H20BrN3O5/c25-19-11-15(3-10-20(19)33-13-14-1-8-18(9-2-14)28(31)32)12-26-27-23(29)21-16-4-5-17(7-6-16)22(21)24(27)30/h1-5,8-12,16-17,21-22H,6-7,13H2/b26-12-/t16-,17-,21-,22+/m0/s1. The highest BCUT2D eigenvalue weighted by Crippen LogP contribution is 2.49. The van der Waals surface area contributed by atoms with Crippen molar-refractivity contribution in [2.45, 2.75) is 19.4 Å². The molecule has 1 heterocycles. The minimum absolute atomic E-state index is 0.0294. The van der Waals surface area contributed by atoms with E-state index in [0.717, 1.165) is 23.4 Å². The van der Waals surface area contributed by atoms with E-state index in [1.165, 1.54) is 18.3 Å². The number of carbonyl (C=O) groups is 2. The van der Waals surface area contributed by atoms with Crippen LogP contribution in [0.3, 0.4) is 0 Å². The number of benzene rings is 2. The van der Waals surface area contributed by atoms with Crippen LogP contribution in [-0.2, 0) is 16.2 Å². The van der Waals surface area contributed by atoms with Gasteiger partial charge in [0, 0.05) is 12.1 Å². The summed E-state index contributed by atoms with van der Waals surface area (Å²) in [4.78, 5) is 36.0. The topological polar surface area (TPSA) is 102 Å². The second-order valence-corrected chi connectivity index (χ2v) is 9.33. The van der Waals surface area contributed by atoms with Gasteiger partial charge in [-0.15, -0.1) is 0 Å². The largest absolute Gasteiger partial charge is 0.488 e. The van der Waals surface area contributed by atoms with Crippen LogP contribution in [0.25, 0.3) is 0 Å². The van der Waals surface area contributed by atoms with Gasteiger partial charge in [0.15, 0.2) is 0 Å². The van der Waals surface area contributed by atoms with Crippen molar-refractivity contribution in [1.29, 1.82) is 0 Å². The Kier molecular flexibility index (Phi) is 5.57. The molecule has 9 heteroatoms. The lowest BCUT2D eigenvalue weighted by Crippen LogP contribution is -2.38. The van der Waals surface area contributed by atoms with Gasteiger partial charge in [0.25, 0.3) is 17.5 Å². The minimum Gasteiger partial charge on any atom is -0.488 e. The van der Waals surface area contributed by atoms with Gasteiger partial charge in [0.1, 0.15) is 12.4 Å². The van der Waals surface area contributed by atoms with E-state index in [4.69, 9.17) is 4.74 Å². The molecule has 6 rings (SSSR count). The van der Waals surface area contributed by atoms with E-state index in [0.29, 0.717) is 15.8 Å². The summed E-state index contributed by atoms with van der Waals surface area (Å²) in [5, 5.41) is 16.0. The van der Waals surface area contributed by atoms with Crippen molar-refractivity contribution in [2.24, 2.45) is 28.8 Å². The Hall–Kier alpha value is -3.33. The minimum atomic E-state index is -0.445. The molecule has 0 N–H and O–H groups in total. The first-order chi connectivity index (χ1) is 15.9. The zero-order chi connectivity index (χ0) is 23.1. The van der Waals surface area contributed by atoms with E-state index in [2.05, 4.69) is 33.2 Å². The Morgan fingerprint density at radius 3 is 2.24 bits per heavy atom. The number of nitro benzene ring substituents is 1. The van der Waals surface area contributed by atoms with Crippen molar-refractivity contribution in [1.82, 2.24) is 5.01 Å². The van der Waals surface area contributed by atoms with Crippen LogP contribution in [0.4, 0.5) is 5.69 Å². The lowest BCUT2D eigenvalue weighted by Gasteiger charge is -2.37. The van der Waals surface area contributed by atoms with Gasteiger partial charge >= 0.3 is 0 Å². The number of nitrogens with zero attached hydrogens (tertiary/aromatic N) is 3. The van der Waals surface area contributed by atoms with Crippen molar-refractivity contribution in [3.8, 4) is 5.75 Å². The molecule has 4 atom stereocenters. The molecule has 0 radical (unpaired) electrons. The maximum absolute atomic E-state index is 12.9. The summed E-state index contributed by atoms with van der Waals surface area (Å²) in [5.41, 5.74) is 1.54. The van der Waals surface area contributed by atoms with Crippen LogP contribution in [0.5, 0.6) is 5.75 Å². The predicted octanol–water partition coefficient (Wildman–Crippen LogP) is 4.47. The van der Waals surface area contributed by atoms with E-state index >= 15 is 0 Å². The number of ether oxygens (including phenoxy) is 1. The third-order valence-electron chi connectivity index (χ3n) is 6.56. The molecule has 1 saturated heterocycles. The maximum atomic E-state index is 12.9. The molecule has 2 aromatic rings. The number of amides is 2. The Morgan fingerprint density at radius 1 is 1.06 bits per heavy atom. The Balaban J connectivity index is 1.25. The van der Waals surface area contributed by atoms with Crippen LogP contribution >= 0.6 is 15.9 Å². The van der Waals surface area contributed by atoms with Gasteiger partial charge in [-0.1, -0.05) is 12.2 Å². The molecule has 8 nitrogen and oxygen atoms in total. The van der Waals surface area contributed by atoms with Gasteiger partial charge < -0.3 is 4.74 Å². The molecule has 33 heavy (non-hydrogen) atoms. The van der Waals surface area contributed by atoms with Gasteiger partial charge in [0.2, 0.25) is 0 Å². The quantitative estimate of drug-likeness (QED) is 0.188. The Morgan fingerprint density at radius 2 is 1.70 bits per heavy atom. The smallest absolute Gasteiger partial charge is 0.269 e. The van der Waals surface area contributed by atoms with Crippen LogP contribution in [0.15, 0.2) is 64.2 Å². The number of allylic oxidation sites excluding steroid dienone is 2. The van der Waals surface area contributed by atoms with Gasteiger partial charge in [-0.05, 0) is 82.1 Å². The molecule has 0 spiro atoms. The number of imide groups is 1. The fraction of sp³-hybridized carbons (Fsp3) is 0.292. The first-order valence-corrected chi connectivity index (χ1v) is 11.5. The highest BCUT2D eigenvalue weighted by Gasteiger charge is 2.56. The monoisotopic (exact) mass is 509 g/mol. The van der Waals surface area contributed by atoms with Crippen LogP contribution < -0.4 is 4.74 Å². The molecular formula is C24H20BrN3O5. The van der Waals surface area contributed by atoms with Gasteiger partial charge in [-0.2, -0.15) is 10.1 Å². The average Bonchev–Trinajstić information content (AvgIpc) is 3.10. The zero-order valence-electron chi connectivity index (χ0n) is 17.5. The maximum Gasteiger partial charge on any atom is 0.269 e. The normalized spacial score (nSPS) is 25.7. The summed E-state index contributed by atoms with van der Waals surface area (Å²) >= 11 is 3.47. The van der Waals surface area contributed by atoms with Gasteiger partial charge in [-0.25, -0.2) is 0 Å². The van der Waals surface area contributed by atoms with E-state index in [9.17, 15) is 19.7 Å². The zero-order valence-corrected chi connectivity index (χ0v) is 19.1. The second kappa shape index (κ2) is 8.55. The van der Waals surface area contributed by atoms with Crippen molar-refractivity contribution in [3.05, 3.63) is 80.3 Å². The molecule has 2 bridgehead atoms. The third-order valence-corrected chi connectivity index (χ3v) is 7.18. The van der Waals surface area contributed by atoms with Crippen LogP contribution in [0.1, 0.15) is 24.0 Å². The summed E-state index contributed by atoms with van der Waals surface area (Å²) in [6.07, 6.45) is 7.58. The number of halogens is 1. The molecule has 4 aliphatic rings. The van der Waals surface area contributed by atoms with Crippen molar-refractivity contribution in [2.75, 3.05) is 0 Å². The third kappa shape index (κ3) is 3.97. The lowest BCUT2D eigenvalue weighted by molar-refractivity contribution is -0.384. The summed E-state index contributed by atoms with van der Waals surface area (Å²) in [7, 11) is 0. The molecule has 0 aromatic heterocycles. The number of non-ortho nitro benzene ring substituents is 1. The fourth-order valence-corrected chi connectivity index (χ4v) is 5.40. The number of hydrogen-bond donors (Lipinski definition) is 0. The number of hydrogen-bond acceptors (Lipinski definition) is 6. The molecule has 3 aliphatic carbocycles. The number of carbonyl (C=O) groups excluding carboxylic acids is 2. The number of hydrazone groups is 1. The Bertz CT molecular complexity index is 1160. The summed E-state index contributed by atoms with van der Waals surface area (Å²) in [5.74, 6) is -0.103. The van der Waals surface area contributed by atoms with E-state index < -0.39 is 4.92 Å². The Labute approximate surface area is 198 Å². The first-order valence-electron chi connectivity index (χ1n) is 10.7. The number of rotatable bonds is 6. The van der Waals surface area contributed by atoms with E-state index in [1.807, 2.05) is 0 Å². The highest BCUT2D eigenvalue weighted by molar-refractivity contribution is 9.10. The molecule has 0 unspecified atom stereocenters. The predicted molar refractivity (Wildman–Crippen MR) is 123 cm³/mol. The SMILES string of the molecule is O=C1[C@@H]2[C@H](C(=O)N1/N=C\c1ccc(OCc3ccc([N+](=O)[O-])cc3)c(Br)c1)[C@H]1C=C[C@H]2CC1. The number of nitro groups is 1. The van der Waals surface area contributed by atoms with Gasteiger partial charge in [0.05, 0.1) is 27.4 Å². The van der Waals surface area contributed by atoms with Crippen molar-refractivity contribution >= 4 is 39.6 Å². The summed E-state index contributed by atoms with van der Waals surface area (Å²) in [6.45, 7) is 0.250. The molecular weight excluding hydrogens is 490 g/mol. The molecule has 2 amide bonds. The van der Waals surface area contributed by atoms with Crippen LogP contribution in [0.2, 0.25) is 0 Å². The molecule has 1 saturated carbocycles. The molecule has 1 aliphatic heterocycles. The van der Waals surface area contributed by atoms with Crippen molar-refractivity contribution in [3.63, 3.8) is 0 Å². The van der Waals surface area contributed by atoms with Crippen LogP contribution in [0, 0.1) is 33.8 Å². The molecule has 2 aromatic carbocycles. The van der Waals surface area contributed by atoms with Crippen molar-refractivity contribution < 1.29 is 19.2 Å². The molecule has 168 valence electrons. The second-order valence-electron chi connectivity index (χ2n) is 8.48. The number of fused-ring (bicyclic) bond motifs is 1. The average molecular weight is 510 g/mol. The van der Waals surface area contributed by atoms with Gasteiger partial charge in [-0.3, -0.25) is 19.7 Å².